The first-order valence-electron chi connectivity index (χ1n) is 6.15. The number of fused-ring (bicyclic) bond motifs is 1. The van der Waals surface area contributed by atoms with E-state index in [1.807, 2.05) is 31.2 Å². The molecule has 0 spiro atoms. The van der Waals surface area contributed by atoms with Crippen molar-refractivity contribution in [3.63, 3.8) is 0 Å². The van der Waals surface area contributed by atoms with Crippen molar-refractivity contribution in [2.24, 2.45) is 0 Å². The lowest BCUT2D eigenvalue weighted by Gasteiger charge is -2.09. The van der Waals surface area contributed by atoms with E-state index in [9.17, 15) is 4.39 Å². The Morgan fingerprint density at radius 2 is 2.16 bits per heavy atom. The number of aromatic amines is 1. The molecule has 3 nitrogen and oxygen atoms in total. The van der Waals surface area contributed by atoms with Crippen LogP contribution in [0.1, 0.15) is 11.1 Å². The van der Waals surface area contributed by atoms with Crippen molar-refractivity contribution in [1.82, 2.24) is 10.2 Å². The molecule has 2 aromatic carbocycles. The van der Waals surface area contributed by atoms with Crippen molar-refractivity contribution >= 4 is 16.6 Å². The highest BCUT2D eigenvalue weighted by atomic mass is 19.1. The molecule has 4 heteroatoms. The van der Waals surface area contributed by atoms with Gasteiger partial charge in [0, 0.05) is 17.5 Å². The molecule has 0 aliphatic carbocycles. The van der Waals surface area contributed by atoms with Gasteiger partial charge in [0.25, 0.3) is 0 Å². The SMILES string of the molecule is Cc1ccc(F)c(CNc2cccc3cn[nH]c23)c1. The van der Waals surface area contributed by atoms with E-state index in [0.717, 1.165) is 22.2 Å². The van der Waals surface area contributed by atoms with Gasteiger partial charge in [-0.1, -0.05) is 29.8 Å². The summed E-state index contributed by atoms with van der Waals surface area (Å²) in [6, 6.07) is 11.0. The van der Waals surface area contributed by atoms with E-state index in [1.165, 1.54) is 6.07 Å². The molecular weight excluding hydrogens is 241 g/mol. The number of benzene rings is 2. The Morgan fingerprint density at radius 1 is 1.26 bits per heavy atom. The number of aromatic nitrogens is 2. The minimum absolute atomic E-state index is 0.185. The molecule has 0 saturated carbocycles. The Labute approximate surface area is 110 Å². The lowest BCUT2D eigenvalue weighted by atomic mass is 10.1. The molecule has 0 fully saturated rings. The lowest BCUT2D eigenvalue weighted by Crippen LogP contribution is -2.02. The first-order chi connectivity index (χ1) is 9.24. The molecule has 3 rings (SSSR count). The zero-order chi connectivity index (χ0) is 13.2. The number of nitrogens with one attached hydrogen (secondary N) is 2. The molecule has 0 aliphatic rings. The van der Waals surface area contributed by atoms with Crippen molar-refractivity contribution in [3.8, 4) is 0 Å². The number of nitrogens with zero attached hydrogens (tertiary/aromatic N) is 1. The summed E-state index contributed by atoms with van der Waals surface area (Å²) in [6.07, 6.45) is 1.77. The van der Waals surface area contributed by atoms with Crippen LogP contribution in [0.2, 0.25) is 0 Å². The second-order valence-electron chi connectivity index (χ2n) is 4.59. The highest BCUT2D eigenvalue weighted by Gasteiger charge is 2.05. The van der Waals surface area contributed by atoms with Crippen LogP contribution < -0.4 is 5.32 Å². The van der Waals surface area contributed by atoms with E-state index in [4.69, 9.17) is 0 Å². The molecular formula is C15H14FN3. The van der Waals surface area contributed by atoms with Gasteiger partial charge >= 0.3 is 0 Å². The quantitative estimate of drug-likeness (QED) is 0.750. The zero-order valence-electron chi connectivity index (χ0n) is 10.6. The Morgan fingerprint density at radius 3 is 3.05 bits per heavy atom. The summed E-state index contributed by atoms with van der Waals surface area (Å²) >= 11 is 0. The number of hydrogen-bond acceptors (Lipinski definition) is 2. The number of rotatable bonds is 3. The number of aryl methyl sites for hydroxylation is 1. The van der Waals surface area contributed by atoms with Crippen LogP contribution in [0.5, 0.6) is 0 Å². The van der Waals surface area contributed by atoms with Crippen LogP contribution in [0.15, 0.2) is 42.6 Å². The normalized spacial score (nSPS) is 10.8. The van der Waals surface area contributed by atoms with E-state index in [1.54, 1.807) is 12.3 Å². The minimum atomic E-state index is -0.185. The Kier molecular flexibility index (Phi) is 2.91. The number of halogens is 1. The molecule has 0 unspecified atom stereocenters. The molecule has 19 heavy (non-hydrogen) atoms. The van der Waals surface area contributed by atoms with Crippen molar-refractivity contribution in [1.29, 1.82) is 0 Å². The molecule has 0 bridgehead atoms. The second-order valence-corrected chi connectivity index (χ2v) is 4.59. The summed E-state index contributed by atoms with van der Waals surface area (Å²) in [5, 5.41) is 11.2. The second kappa shape index (κ2) is 4.72. The van der Waals surface area contributed by atoms with E-state index in [2.05, 4.69) is 15.5 Å². The molecule has 0 aliphatic heterocycles. The van der Waals surface area contributed by atoms with Gasteiger partial charge in [-0.25, -0.2) is 4.39 Å². The minimum Gasteiger partial charge on any atom is -0.379 e. The maximum atomic E-state index is 13.7. The van der Waals surface area contributed by atoms with Gasteiger partial charge in [-0.15, -0.1) is 0 Å². The molecule has 1 heterocycles. The summed E-state index contributed by atoms with van der Waals surface area (Å²) in [5.41, 5.74) is 3.58. The fraction of sp³-hybridized carbons (Fsp3) is 0.133. The molecule has 2 N–H and O–H groups in total. The van der Waals surface area contributed by atoms with Gasteiger partial charge in [0.2, 0.25) is 0 Å². The van der Waals surface area contributed by atoms with E-state index < -0.39 is 0 Å². The third-order valence-electron chi connectivity index (χ3n) is 3.15. The Hall–Kier alpha value is -2.36. The third-order valence-corrected chi connectivity index (χ3v) is 3.15. The fourth-order valence-corrected chi connectivity index (χ4v) is 2.15. The summed E-state index contributed by atoms with van der Waals surface area (Å²) in [7, 11) is 0. The van der Waals surface area contributed by atoms with Crippen LogP contribution in [0, 0.1) is 12.7 Å². The van der Waals surface area contributed by atoms with Crippen LogP contribution in [-0.4, -0.2) is 10.2 Å². The highest BCUT2D eigenvalue weighted by Crippen LogP contribution is 2.21. The summed E-state index contributed by atoms with van der Waals surface area (Å²) in [6.45, 7) is 2.41. The summed E-state index contributed by atoms with van der Waals surface area (Å²) < 4.78 is 13.7. The Balaban J connectivity index is 1.86. The smallest absolute Gasteiger partial charge is 0.128 e. The Bertz CT molecular complexity index is 718. The van der Waals surface area contributed by atoms with E-state index in [0.29, 0.717) is 12.1 Å². The van der Waals surface area contributed by atoms with Gasteiger partial charge in [-0.05, 0) is 19.1 Å². The molecule has 0 radical (unpaired) electrons. The van der Waals surface area contributed by atoms with Crippen molar-refractivity contribution in [3.05, 3.63) is 59.5 Å². The van der Waals surface area contributed by atoms with Crippen LogP contribution in [-0.2, 0) is 6.54 Å². The predicted octanol–water partition coefficient (Wildman–Crippen LogP) is 3.62. The summed E-state index contributed by atoms with van der Waals surface area (Å²) in [5.74, 6) is -0.185. The van der Waals surface area contributed by atoms with Gasteiger partial charge in [-0.3, -0.25) is 5.10 Å². The highest BCUT2D eigenvalue weighted by molar-refractivity contribution is 5.89. The monoisotopic (exact) mass is 255 g/mol. The molecule has 0 saturated heterocycles. The van der Waals surface area contributed by atoms with Crippen LogP contribution in [0.4, 0.5) is 10.1 Å². The van der Waals surface area contributed by atoms with Crippen molar-refractivity contribution in [2.45, 2.75) is 13.5 Å². The first kappa shape index (κ1) is 11.7. The zero-order valence-corrected chi connectivity index (χ0v) is 10.6. The van der Waals surface area contributed by atoms with Crippen LogP contribution in [0.25, 0.3) is 10.9 Å². The first-order valence-corrected chi connectivity index (χ1v) is 6.15. The molecule has 1 aromatic heterocycles. The molecule has 0 amide bonds. The predicted molar refractivity (Wildman–Crippen MR) is 74.6 cm³/mol. The topological polar surface area (TPSA) is 40.7 Å². The van der Waals surface area contributed by atoms with Crippen molar-refractivity contribution < 1.29 is 4.39 Å². The maximum absolute atomic E-state index is 13.7. The van der Waals surface area contributed by atoms with Gasteiger partial charge in [0.15, 0.2) is 0 Å². The molecule has 3 aromatic rings. The number of H-pyrrole nitrogens is 1. The van der Waals surface area contributed by atoms with Gasteiger partial charge in [0.05, 0.1) is 17.4 Å². The van der Waals surface area contributed by atoms with Crippen LogP contribution >= 0.6 is 0 Å². The number of anilines is 1. The standard InChI is InChI=1S/C15H14FN3/c1-10-5-6-13(16)12(7-10)8-17-14-4-2-3-11-9-18-19-15(11)14/h2-7,9,17H,8H2,1H3,(H,18,19). The van der Waals surface area contributed by atoms with Gasteiger partial charge in [0.1, 0.15) is 5.82 Å². The average molecular weight is 255 g/mol. The maximum Gasteiger partial charge on any atom is 0.128 e. The molecule has 0 atom stereocenters. The molecule has 96 valence electrons. The van der Waals surface area contributed by atoms with Gasteiger partial charge < -0.3 is 5.32 Å². The lowest BCUT2D eigenvalue weighted by molar-refractivity contribution is 0.612. The third kappa shape index (κ3) is 2.29. The van der Waals surface area contributed by atoms with Crippen molar-refractivity contribution in [2.75, 3.05) is 5.32 Å². The van der Waals surface area contributed by atoms with E-state index >= 15 is 0 Å². The van der Waals surface area contributed by atoms with Crippen LogP contribution in [0.3, 0.4) is 0 Å². The fourth-order valence-electron chi connectivity index (χ4n) is 2.15. The number of para-hydroxylation sites is 1. The summed E-state index contributed by atoms with van der Waals surface area (Å²) in [4.78, 5) is 0. The largest absolute Gasteiger partial charge is 0.379 e. The van der Waals surface area contributed by atoms with Gasteiger partial charge in [-0.2, -0.15) is 5.10 Å². The number of hydrogen-bond donors (Lipinski definition) is 2. The van der Waals surface area contributed by atoms with E-state index in [-0.39, 0.29) is 5.82 Å². The average Bonchev–Trinajstić information content (AvgIpc) is 2.88.